The van der Waals surface area contributed by atoms with Crippen molar-refractivity contribution >= 4 is 17.6 Å². The molecule has 0 spiro atoms. The van der Waals surface area contributed by atoms with Gasteiger partial charge in [0.15, 0.2) is 5.57 Å². The summed E-state index contributed by atoms with van der Waals surface area (Å²) >= 11 is 0. The summed E-state index contributed by atoms with van der Waals surface area (Å²) in [5, 5.41) is 17.9. The van der Waals surface area contributed by atoms with Gasteiger partial charge < -0.3 is 15.1 Å². The Morgan fingerprint density at radius 1 is 1.33 bits per heavy atom. The predicted molar refractivity (Wildman–Crippen MR) is 74.8 cm³/mol. The number of benzene rings is 1. The number of halogens is 1. The van der Waals surface area contributed by atoms with Gasteiger partial charge in [-0.1, -0.05) is 0 Å². The minimum atomic E-state index is -1.50. The first-order valence-electron chi connectivity index (χ1n) is 6.57. The maximum Gasteiger partial charge on any atom is 0.344 e. The summed E-state index contributed by atoms with van der Waals surface area (Å²) in [7, 11) is 0. The molecule has 0 saturated carbocycles. The Morgan fingerprint density at radius 3 is 2.52 bits per heavy atom. The van der Waals surface area contributed by atoms with Crippen molar-refractivity contribution in [1.82, 2.24) is 0 Å². The van der Waals surface area contributed by atoms with E-state index in [1.165, 1.54) is 6.07 Å². The van der Waals surface area contributed by atoms with Crippen LogP contribution in [0.5, 0.6) is 0 Å². The normalized spacial score (nSPS) is 17.1. The van der Waals surface area contributed by atoms with Crippen molar-refractivity contribution in [1.29, 1.82) is 0 Å². The summed E-state index contributed by atoms with van der Waals surface area (Å²) in [4.78, 5) is 23.6. The molecule has 0 bridgehead atoms. The molecular formula is C15H16FNO4. The number of hydrogen-bond donors (Lipinski definition) is 2. The van der Waals surface area contributed by atoms with Crippen LogP contribution < -0.4 is 4.90 Å². The molecule has 5 nitrogen and oxygen atoms in total. The molecule has 21 heavy (non-hydrogen) atoms. The number of aliphatic carboxylic acids is 2. The van der Waals surface area contributed by atoms with E-state index in [1.54, 1.807) is 17.9 Å². The maximum absolute atomic E-state index is 13.6. The van der Waals surface area contributed by atoms with Crippen molar-refractivity contribution in [3.8, 4) is 0 Å². The molecule has 1 atom stereocenters. The van der Waals surface area contributed by atoms with Crippen LogP contribution in [-0.4, -0.2) is 28.2 Å². The zero-order chi connectivity index (χ0) is 15.7. The highest BCUT2D eigenvalue weighted by atomic mass is 19.1. The van der Waals surface area contributed by atoms with Gasteiger partial charge in [-0.3, -0.25) is 0 Å². The molecule has 1 aliphatic rings. The van der Waals surface area contributed by atoms with Crippen molar-refractivity contribution in [2.45, 2.75) is 32.7 Å². The molecule has 0 radical (unpaired) electrons. The van der Waals surface area contributed by atoms with E-state index in [-0.39, 0.29) is 11.9 Å². The Morgan fingerprint density at radius 2 is 1.95 bits per heavy atom. The highest BCUT2D eigenvalue weighted by Gasteiger charge is 2.27. The second-order valence-electron chi connectivity index (χ2n) is 5.12. The lowest BCUT2D eigenvalue weighted by Crippen LogP contribution is -2.34. The van der Waals surface area contributed by atoms with Gasteiger partial charge in [0, 0.05) is 17.9 Å². The van der Waals surface area contributed by atoms with Gasteiger partial charge in [0.1, 0.15) is 5.82 Å². The van der Waals surface area contributed by atoms with Gasteiger partial charge in [0.2, 0.25) is 0 Å². The van der Waals surface area contributed by atoms with Gasteiger partial charge in [0.25, 0.3) is 0 Å². The molecule has 1 aromatic rings. The summed E-state index contributed by atoms with van der Waals surface area (Å²) in [6.45, 7) is 3.54. The summed E-state index contributed by atoms with van der Waals surface area (Å²) in [6.07, 6.45) is 2.49. The number of nitrogens with zero attached hydrogens (tertiary/aromatic N) is 1. The Kier molecular flexibility index (Phi) is 3.97. The maximum atomic E-state index is 13.6. The van der Waals surface area contributed by atoms with E-state index in [9.17, 15) is 14.0 Å². The van der Waals surface area contributed by atoms with E-state index in [2.05, 4.69) is 0 Å². The SMILES string of the molecule is Cc1c(F)ccc2c1CCC(C)N2C=C(C(=O)O)C(=O)O. The Bertz CT molecular complexity index is 623. The van der Waals surface area contributed by atoms with Gasteiger partial charge in [0.05, 0.1) is 0 Å². The fourth-order valence-electron chi connectivity index (χ4n) is 2.54. The molecule has 1 aliphatic heterocycles. The molecule has 2 N–H and O–H groups in total. The molecule has 2 rings (SSSR count). The van der Waals surface area contributed by atoms with Crippen molar-refractivity contribution in [2.75, 3.05) is 4.90 Å². The zero-order valence-corrected chi connectivity index (χ0v) is 11.8. The van der Waals surface area contributed by atoms with Crippen LogP contribution in [0.15, 0.2) is 23.9 Å². The van der Waals surface area contributed by atoms with Crippen molar-refractivity contribution in [2.24, 2.45) is 0 Å². The number of carboxylic acid groups (broad SMARTS) is 2. The number of carboxylic acids is 2. The summed E-state index contributed by atoms with van der Waals surface area (Å²) < 4.78 is 13.6. The second-order valence-corrected chi connectivity index (χ2v) is 5.12. The second kappa shape index (κ2) is 5.55. The zero-order valence-electron chi connectivity index (χ0n) is 11.8. The van der Waals surface area contributed by atoms with Crippen molar-refractivity contribution in [3.05, 3.63) is 40.8 Å². The first-order valence-corrected chi connectivity index (χ1v) is 6.57. The minimum absolute atomic E-state index is 0.0592. The van der Waals surface area contributed by atoms with Gasteiger partial charge in [-0.2, -0.15) is 0 Å². The Hall–Kier alpha value is -2.37. The number of hydrogen-bond acceptors (Lipinski definition) is 3. The van der Waals surface area contributed by atoms with Crippen LogP contribution >= 0.6 is 0 Å². The van der Waals surface area contributed by atoms with Crippen molar-refractivity contribution in [3.63, 3.8) is 0 Å². The molecule has 1 aromatic carbocycles. The fourth-order valence-corrected chi connectivity index (χ4v) is 2.54. The predicted octanol–water partition coefficient (Wildman–Crippen LogP) is 2.33. The molecular weight excluding hydrogens is 277 g/mol. The third-order valence-electron chi connectivity index (χ3n) is 3.80. The van der Waals surface area contributed by atoms with Crippen LogP contribution in [0.2, 0.25) is 0 Å². The van der Waals surface area contributed by atoms with E-state index >= 15 is 0 Å². The number of anilines is 1. The Labute approximate surface area is 121 Å². The van der Waals surface area contributed by atoms with Gasteiger partial charge in [-0.05, 0) is 49.9 Å². The molecule has 0 amide bonds. The van der Waals surface area contributed by atoms with E-state index in [0.29, 0.717) is 24.1 Å². The molecule has 0 aromatic heterocycles. The van der Waals surface area contributed by atoms with Crippen LogP contribution in [-0.2, 0) is 16.0 Å². The average molecular weight is 293 g/mol. The third kappa shape index (κ3) is 2.74. The number of fused-ring (bicyclic) bond motifs is 1. The lowest BCUT2D eigenvalue weighted by atomic mass is 9.93. The molecule has 1 heterocycles. The Balaban J connectivity index is 2.56. The molecule has 6 heteroatoms. The number of carbonyl (C=O) groups is 2. The van der Waals surface area contributed by atoms with Crippen LogP contribution in [0.1, 0.15) is 24.5 Å². The number of rotatable bonds is 3. The van der Waals surface area contributed by atoms with E-state index < -0.39 is 17.5 Å². The van der Waals surface area contributed by atoms with Crippen molar-refractivity contribution < 1.29 is 24.2 Å². The summed E-state index contributed by atoms with van der Waals surface area (Å²) in [5.74, 6) is -3.31. The van der Waals surface area contributed by atoms with Crippen LogP contribution in [0.4, 0.5) is 10.1 Å². The topological polar surface area (TPSA) is 77.8 Å². The van der Waals surface area contributed by atoms with Gasteiger partial charge in [-0.25, -0.2) is 14.0 Å². The fraction of sp³-hybridized carbons (Fsp3) is 0.333. The minimum Gasteiger partial charge on any atom is -0.477 e. The first-order chi connectivity index (χ1) is 9.82. The standard InChI is InChI=1S/C15H16FNO4/c1-8-3-4-10-9(2)12(16)5-6-13(10)17(8)7-11(14(18)19)15(20)21/h5-8H,3-4H2,1-2H3,(H,18,19)(H,20,21). The average Bonchev–Trinajstić information content (AvgIpc) is 2.40. The monoisotopic (exact) mass is 293 g/mol. The molecule has 0 aliphatic carbocycles. The molecule has 0 saturated heterocycles. The summed E-state index contributed by atoms with van der Waals surface area (Å²) in [6, 6.07) is 2.82. The lowest BCUT2D eigenvalue weighted by molar-refractivity contribution is -0.140. The quantitative estimate of drug-likeness (QED) is 0.508. The molecule has 1 unspecified atom stereocenters. The van der Waals surface area contributed by atoms with Crippen LogP contribution in [0.25, 0.3) is 0 Å². The first kappa shape index (κ1) is 15.0. The highest BCUT2D eigenvalue weighted by molar-refractivity contribution is 6.12. The largest absolute Gasteiger partial charge is 0.477 e. The lowest BCUT2D eigenvalue weighted by Gasteiger charge is -2.35. The van der Waals surface area contributed by atoms with Crippen LogP contribution in [0, 0.1) is 12.7 Å². The van der Waals surface area contributed by atoms with Crippen LogP contribution in [0.3, 0.4) is 0 Å². The third-order valence-corrected chi connectivity index (χ3v) is 3.80. The van der Waals surface area contributed by atoms with E-state index in [1.807, 2.05) is 6.92 Å². The molecule has 112 valence electrons. The van der Waals surface area contributed by atoms with E-state index in [4.69, 9.17) is 10.2 Å². The smallest absolute Gasteiger partial charge is 0.344 e. The van der Waals surface area contributed by atoms with Gasteiger partial charge >= 0.3 is 11.9 Å². The van der Waals surface area contributed by atoms with Gasteiger partial charge in [-0.15, -0.1) is 0 Å². The molecule has 0 fully saturated rings. The summed E-state index contributed by atoms with van der Waals surface area (Å²) in [5.41, 5.74) is 1.26. The van der Waals surface area contributed by atoms with E-state index in [0.717, 1.165) is 11.8 Å². The highest BCUT2D eigenvalue weighted by Crippen LogP contribution is 2.34.